The summed E-state index contributed by atoms with van der Waals surface area (Å²) in [4.78, 5) is 24.9. The lowest BCUT2D eigenvalue weighted by atomic mass is 10.2. The molecule has 8 nitrogen and oxygen atoms in total. The third-order valence-electron chi connectivity index (χ3n) is 5.41. The van der Waals surface area contributed by atoms with E-state index in [9.17, 15) is 17.6 Å². The van der Waals surface area contributed by atoms with Crippen LogP contribution in [0.25, 0.3) is 0 Å². The normalized spacial score (nSPS) is 16.7. The number of hydrogen-bond acceptors (Lipinski definition) is 6. The number of halogens is 1. The Morgan fingerprint density at radius 2 is 1.94 bits per heavy atom. The molecule has 1 aliphatic heterocycles. The number of aromatic nitrogens is 2. The van der Waals surface area contributed by atoms with Crippen LogP contribution in [0.5, 0.6) is 0 Å². The van der Waals surface area contributed by atoms with Gasteiger partial charge in [0.2, 0.25) is 15.9 Å². The van der Waals surface area contributed by atoms with Gasteiger partial charge >= 0.3 is 0 Å². The molecule has 1 aromatic carbocycles. The second kappa shape index (κ2) is 8.88. The number of anilines is 1. The molecule has 0 radical (unpaired) electrons. The van der Waals surface area contributed by atoms with Crippen LogP contribution >= 0.6 is 0 Å². The van der Waals surface area contributed by atoms with Gasteiger partial charge in [0.25, 0.3) is 0 Å². The number of hydrogen-bond donors (Lipinski definition) is 0. The molecular formula is C21H28FN5O3S. The molecular weight excluding hydrogens is 421 g/mol. The van der Waals surface area contributed by atoms with Crippen LogP contribution in [0.2, 0.25) is 0 Å². The fraction of sp³-hybridized carbons (Fsp3) is 0.476. The molecule has 2 aromatic rings. The first-order valence-electron chi connectivity index (χ1n) is 10.1. The van der Waals surface area contributed by atoms with Gasteiger partial charge < -0.3 is 9.80 Å². The van der Waals surface area contributed by atoms with Crippen molar-refractivity contribution in [2.24, 2.45) is 0 Å². The lowest BCUT2D eigenvalue weighted by molar-refractivity contribution is -0.129. The molecule has 1 atom stereocenters. The molecule has 1 aromatic heterocycles. The first-order chi connectivity index (χ1) is 14.5. The van der Waals surface area contributed by atoms with E-state index in [1.807, 2.05) is 19.0 Å². The number of sulfonamides is 1. The summed E-state index contributed by atoms with van der Waals surface area (Å²) < 4.78 is 40.8. The third kappa shape index (κ3) is 4.85. The molecule has 10 heteroatoms. The minimum atomic E-state index is -3.85. The zero-order valence-electron chi connectivity index (χ0n) is 18.5. The molecule has 0 unspecified atom stereocenters. The van der Waals surface area contributed by atoms with Crippen molar-refractivity contribution in [2.75, 3.05) is 32.6 Å². The molecule has 1 fully saturated rings. The van der Waals surface area contributed by atoms with Crippen LogP contribution < -0.4 is 4.90 Å². The third-order valence-corrected chi connectivity index (χ3v) is 7.37. The van der Waals surface area contributed by atoms with Crippen LogP contribution in [-0.4, -0.2) is 61.2 Å². The predicted octanol–water partition coefficient (Wildman–Crippen LogP) is 2.49. The quantitative estimate of drug-likeness (QED) is 0.674. The van der Waals surface area contributed by atoms with Crippen molar-refractivity contribution in [2.45, 2.75) is 44.2 Å². The van der Waals surface area contributed by atoms with Gasteiger partial charge in [-0.1, -0.05) is 0 Å². The first kappa shape index (κ1) is 23.1. The second-order valence-electron chi connectivity index (χ2n) is 8.01. The highest BCUT2D eigenvalue weighted by atomic mass is 32.2. The van der Waals surface area contributed by atoms with E-state index in [2.05, 4.69) is 9.97 Å². The maximum absolute atomic E-state index is 13.4. The van der Waals surface area contributed by atoms with E-state index in [4.69, 9.17) is 0 Å². The Labute approximate surface area is 182 Å². The van der Waals surface area contributed by atoms with Gasteiger partial charge in [-0.3, -0.25) is 4.79 Å². The monoisotopic (exact) mass is 449 g/mol. The van der Waals surface area contributed by atoms with Crippen molar-refractivity contribution >= 4 is 21.7 Å². The number of amides is 1. The van der Waals surface area contributed by atoms with E-state index in [0.29, 0.717) is 29.4 Å². The molecule has 0 aliphatic carbocycles. The minimum Gasteiger partial charge on any atom is -0.363 e. The summed E-state index contributed by atoms with van der Waals surface area (Å²) in [6.07, 6.45) is 1.63. The summed E-state index contributed by atoms with van der Waals surface area (Å²) in [7, 11) is 1.31. The lowest BCUT2D eigenvalue weighted by Crippen LogP contribution is -2.31. The number of aryl methyl sites for hydroxylation is 1. The van der Waals surface area contributed by atoms with Crippen LogP contribution in [0, 0.1) is 12.7 Å². The Bertz CT molecular complexity index is 1090. The summed E-state index contributed by atoms with van der Waals surface area (Å²) in [5.74, 6) is 0.632. The van der Waals surface area contributed by atoms with Crippen LogP contribution in [0.4, 0.5) is 10.2 Å². The van der Waals surface area contributed by atoms with Crippen molar-refractivity contribution in [1.29, 1.82) is 0 Å². The van der Waals surface area contributed by atoms with E-state index >= 15 is 0 Å². The number of likely N-dealkylation sites (tertiary alicyclic amines) is 1. The van der Waals surface area contributed by atoms with E-state index < -0.39 is 15.8 Å². The molecule has 168 valence electrons. The van der Waals surface area contributed by atoms with E-state index in [1.54, 1.807) is 17.9 Å². The van der Waals surface area contributed by atoms with Gasteiger partial charge in [0.15, 0.2) is 5.82 Å². The van der Waals surface area contributed by atoms with Gasteiger partial charge in [-0.15, -0.1) is 0 Å². The largest absolute Gasteiger partial charge is 0.363 e. The van der Waals surface area contributed by atoms with Crippen LogP contribution in [0.15, 0.2) is 29.2 Å². The van der Waals surface area contributed by atoms with Crippen molar-refractivity contribution in [3.05, 3.63) is 47.2 Å². The summed E-state index contributed by atoms with van der Waals surface area (Å²) in [5.41, 5.74) is 0.863. The SMILES string of the molecule is CC(=O)N1CCC[C@@H]1c1nc(CN(C)S(=O)(=O)c2ccc(F)cc2C)cc(N(C)C)n1. The van der Waals surface area contributed by atoms with E-state index in [-0.39, 0.29) is 23.4 Å². The van der Waals surface area contributed by atoms with Crippen molar-refractivity contribution in [1.82, 2.24) is 19.2 Å². The first-order valence-corrected chi connectivity index (χ1v) is 11.5. The van der Waals surface area contributed by atoms with Crippen molar-refractivity contribution in [3.8, 4) is 0 Å². The zero-order chi connectivity index (χ0) is 22.9. The maximum atomic E-state index is 13.4. The molecule has 2 heterocycles. The van der Waals surface area contributed by atoms with Crippen molar-refractivity contribution in [3.63, 3.8) is 0 Å². The Morgan fingerprint density at radius 3 is 2.55 bits per heavy atom. The molecule has 1 aliphatic rings. The molecule has 0 saturated carbocycles. The Balaban J connectivity index is 1.95. The minimum absolute atomic E-state index is 0.0162. The second-order valence-corrected chi connectivity index (χ2v) is 10.0. The summed E-state index contributed by atoms with van der Waals surface area (Å²) >= 11 is 0. The van der Waals surface area contributed by atoms with Crippen molar-refractivity contribution < 1.29 is 17.6 Å². The average Bonchev–Trinajstić information content (AvgIpc) is 3.17. The maximum Gasteiger partial charge on any atom is 0.243 e. The topological polar surface area (TPSA) is 86.7 Å². The molecule has 1 amide bonds. The molecule has 31 heavy (non-hydrogen) atoms. The van der Waals surface area contributed by atoms with Crippen LogP contribution in [-0.2, 0) is 21.4 Å². The van der Waals surface area contributed by atoms with Gasteiger partial charge in [-0.25, -0.2) is 22.8 Å². The highest BCUT2D eigenvalue weighted by Crippen LogP contribution is 2.31. The van der Waals surface area contributed by atoms with E-state index in [1.165, 1.54) is 30.4 Å². The zero-order valence-corrected chi connectivity index (χ0v) is 19.3. The highest BCUT2D eigenvalue weighted by molar-refractivity contribution is 7.89. The van der Waals surface area contributed by atoms with Gasteiger partial charge in [-0.2, -0.15) is 4.31 Å². The fourth-order valence-electron chi connectivity index (χ4n) is 3.76. The van der Waals surface area contributed by atoms with Gasteiger partial charge in [0, 0.05) is 40.7 Å². The smallest absolute Gasteiger partial charge is 0.243 e. The van der Waals surface area contributed by atoms with Gasteiger partial charge in [-0.05, 0) is 43.5 Å². The Morgan fingerprint density at radius 1 is 1.23 bits per heavy atom. The number of carbonyl (C=O) groups excluding carboxylic acids is 1. The number of carbonyl (C=O) groups is 1. The molecule has 3 rings (SSSR count). The Hall–Kier alpha value is -2.59. The summed E-state index contributed by atoms with van der Waals surface area (Å²) in [5, 5.41) is 0. The number of nitrogens with zero attached hydrogens (tertiary/aromatic N) is 5. The van der Waals surface area contributed by atoms with E-state index in [0.717, 1.165) is 18.9 Å². The molecule has 0 bridgehead atoms. The summed E-state index contributed by atoms with van der Waals surface area (Å²) in [6.45, 7) is 3.76. The molecule has 1 saturated heterocycles. The summed E-state index contributed by atoms with van der Waals surface area (Å²) in [6, 6.07) is 5.12. The number of benzene rings is 1. The number of rotatable bonds is 6. The average molecular weight is 450 g/mol. The van der Waals surface area contributed by atoms with Gasteiger partial charge in [0.05, 0.1) is 23.2 Å². The lowest BCUT2D eigenvalue weighted by Gasteiger charge is -2.24. The molecule has 0 spiro atoms. The Kier molecular flexibility index (Phi) is 6.61. The predicted molar refractivity (Wildman–Crippen MR) is 116 cm³/mol. The standard InChI is InChI=1S/C21H28FN5O3S/c1-14-11-16(22)8-9-19(14)31(29,30)26(5)13-17-12-20(25(3)4)24-21(23-17)18-7-6-10-27(18)15(2)28/h8-9,11-12,18H,6-7,10,13H2,1-5H3/t18-/m1/s1. The van der Waals surface area contributed by atoms with Gasteiger partial charge in [0.1, 0.15) is 11.6 Å². The highest BCUT2D eigenvalue weighted by Gasteiger charge is 2.31. The van der Waals surface area contributed by atoms with Crippen LogP contribution in [0.3, 0.4) is 0 Å². The molecule has 0 N–H and O–H groups in total. The van der Waals surface area contributed by atoms with Crippen LogP contribution in [0.1, 0.15) is 42.9 Å². The fourth-order valence-corrected chi connectivity index (χ4v) is 5.10.